The van der Waals surface area contributed by atoms with E-state index in [0.717, 1.165) is 12.3 Å². The predicted molar refractivity (Wildman–Crippen MR) is 69.6 cm³/mol. The average molecular weight is 260 g/mol. The van der Waals surface area contributed by atoms with E-state index in [2.05, 4.69) is 37.3 Å². The number of nitrogens with two attached hydrogens (primary N) is 1. The second-order valence-corrected chi connectivity index (χ2v) is 4.88. The zero-order valence-electron chi connectivity index (χ0n) is 10.7. The Hall–Kier alpha value is -2.25. The lowest BCUT2D eigenvalue weighted by atomic mass is 10.2. The summed E-state index contributed by atoms with van der Waals surface area (Å²) in [5, 5.41) is 7.23. The quantitative estimate of drug-likeness (QED) is 0.811. The van der Waals surface area contributed by atoms with Crippen LogP contribution < -0.4 is 11.1 Å². The number of anilines is 2. The molecule has 2 heterocycles. The van der Waals surface area contributed by atoms with E-state index in [4.69, 9.17) is 5.73 Å². The number of aromatic nitrogens is 6. The Labute approximate surface area is 110 Å². The average Bonchev–Trinajstić information content (AvgIpc) is 2.99. The molecular weight excluding hydrogens is 244 g/mol. The molecule has 8 nitrogen and oxygen atoms in total. The lowest BCUT2D eigenvalue weighted by Crippen LogP contribution is -2.19. The van der Waals surface area contributed by atoms with Gasteiger partial charge in [-0.1, -0.05) is 12.8 Å². The second kappa shape index (κ2) is 4.79. The van der Waals surface area contributed by atoms with E-state index in [1.54, 1.807) is 0 Å². The Morgan fingerprint density at radius 2 is 2.26 bits per heavy atom. The second-order valence-electron chi connectivity index (χ2n) is 4.88. The fourth-order valence-electron chi connectivity index (χ4n) is 1.99. The van der Waals surface area contributed by atoms with Crippen molar-refractivity contribution in [2.75, 3.05) is 11.1 Å². The van der Waals surface area contributed by atoms with Crippen LogP contribution in [0.4, 0.5) is 11.9 Å². The first kappa shape index (κ1) is 11.8. The molecule has 0 radical (unpaired) electrons. The van der Waals surface area contributed by atoms with E-state index in [1.807, 2.05) is 0 Å². The molecule has 0 saturated heterocycles. The van der Waals surface area contributed by atoms with Crippen molar-refractivity contribution < 1.29 is 0 Å². The largest absolute Gasteiger partial charge is 0.368 e. The van der Waals surface area contributed by atoms with Crippen LogP contribution in [0.15, 0.2) is 12.7 Å². The molecule has 1 aliphatic rings. The summed E-state index contributed by atoms with van der Waals surface area (Å²) in [4.78, 5) is 16.3. The van der Waals surface area contributed by atoms with Crippen LogP contribution in [0.3, 0.4) is 0 Å². The third kappa shape index (κ3) is 2.95. The van der Waals surface area contributed by atoms with Gasteiger partial charge >= 0.3 is 0 Å². The summed E-state index contributed by atoms with van der Waals surface area (Å²) in [7, 11) is 0. The Morgan fingerprint density at radius 1 is 1.42 bits per heavy atom. The van der Waals surface area contributed by atoms with E-state index in [0.29, 0.717) is 17.9 Å². The summed E-state index contributed by atoms with van der Waals surface area (Å²) >= 11 is 0. The molecule has 0 bridgehead atoms. The van der Waals surface area contributed by atoms with E-state index in [1.165, 1.54) is 30.2 Å². The van der Waals surface area contributed by atoms with Crippen molar-refractivity contribution in [1.82, 2.24) is 29.7 Å². The lowest BCUT2D eigenvalue weighted by molar-refractivity contribution is 0.636. The normalized spacial score (nSPS) is 16.3. The van der Waals surface area contributed by atoms with E-state index >= 15 is 0 Å². The molecule has 19 heavy (non-hydrogen) atoms. The minimum atomic E-state index is 0.168. The first-order valence-electron chi connectivity index (χ1n) is 6.34. The van der Waals surface area contributed by atoms with Gasteiger partial charge in [0.25, 0.3) is 5.95 Å². The van der Waals surface area contributed by atoms with Crippen molar-refractivity contribution in [3.8, 4) is 5.95 Å². The fourth-order valence-corrected chi connectivity index (χ4v) is 1.99. The summed E-state index contributed by atoms with van der Waals surface area (Å²) in [6.45, 7) is 2.12. The molecule has 0 aromatic carbocycles. The molecule has 0 amide bonds. The van der Waals surface area contributed by atoms with Gasteiger partial charge in [-0.3, -0.25) is 0 Å². The van der Waals surface area contributed by atoms with Crippen molar-refractivity contribution in [2.24, 2.45) is 5.92 Å². The van der Waals surface area contributed by atoms with Crippen LogP contribution in [-0.2, 0) is 0 Å². The lowest BCUT2D eigenvalue weighted by Gasteiger charge is -2.13. The van der Waals surface area contributed by atoms with Gasteiger partial charge in [-0.15, -0.1) is 0 Å². The standard InChI is InChI=1S/C11H16N8/c1-7(4-8-2-3-8)15-10-16-9(12)17-11(18-10)19-6-13-5-14-19/h5-8H,2-4H2,1H3,(H3,12,15,16,17,18). The molecule has 1 fully saturated rings. The third-order valence-corrected chi connectivity index (χ3v) is 3.02. The molecular formula is C11H16N8. The topological polar surface area (TPSA) is 107 Å². The number of nitrogens with one attached hydrogen (secondary N) is 1. The van der Waals surface area contributed by atoms with Crippen LogP contribution in [0.25, 0.3) is 5.95 Å². The van der Waals surface area contributed by atoms with E-state index in [-0.39, 0.29) is 5.95 Å². The molecule has 8 heteroatoms. The van der Waals surface area contributed by atoms with Gasteiger partial charge in [0.1, 0.15) is 12.7 Å². The van der Waals surface area contributed by atoms with Crippen LogP contribution in [-0.4, -0.2) is 35.8 Å². The minimum Gasteiger partial charge on any atom is -0.368 e. The summed E-state index contributed by atoms with van der Waals surface area (Å²) < 4.78 is 1.45. The molecule has 2 aromatic rings. The van der Waals surface area contributed by atoms with Gasteiger partial charge in [0.2, 0.25) is 11.9 Å². The molecule has 1 saturated carbocycles. The molecule has 2 aromatic heterocycles. The van der Waals surface area contributed by atoms with E-state index < -0.39 is 0 Å². The monoisotopic (exact) mass is 260 g/mol. The first-order chi connectivity index (χ1) is 9.20. The zero-order chi connectivity index (χ0) is 13.2. The first-order valence-corrected chi connectivity index (χ1v) is 6.34. The van der Waals surface area contributed by atoms with Gasteiger partial charge in [0.05, 0.1) is 0 Å². The van der Waals surface area contributed by atoms with E-state index in [9.17, 15) is 0 Å². The van der Waals surface area contributed by atoms with Gasteiger partial charge in [-0.25, -0.2) is 4.98 Å². The van der Waals surface area contributed by atoms with Crippen molar-refractivity contribution in [3.05, 3.63) is 12.7 Å². The minimum absolute atomic E-state index is 0.168. The van der Waals surface area contributed by atoms with Crippen LogP contribution >= 0.6 is 0 Å². The van der Waals surface area contributed by atoms with Crippen LogP contribution in [0.2, 0.25) is 0 Å². The molecule has 3 rings (SSSR count). The highest BCUT2D eigenvalue weighted by Crippen LogP contribution is 2.33. The SMILES string of the molecule is CC(CC1CC1)Nc1nc(N)nc(-n2cncn2)n1. The summed E-state index contributed by atoms with van der Waals surface area (Å²) in [6, 6.07) is 0.317. The highest BCUT2D eigenvalue weighted by molar-refractivity contribution is 5.35. The van der Waals surface area contributed by atoms with Crippen molar-refractivity contribution in [2.45, 2.75) is 32.2 Å². The number of hydrogen-bond donors (Lipinski definition) is 2. The molecule has 1 unspecified atom stereocenters. The molecule has 1 atom stereocenters. The van der Waals surface area contributed by atoms with Crippen LogP contribution in [0.1, 0.15) is 26.2 Å². The van der Waals surface area contributed by atoms with Crippen LogP contribution in [0.5, 0.6) is 0 Å². The summed E-state index contributed by atoms with van der Waals surface area (Å²) in [5.74, 6) is 1.86. The smallest absolute Gasteiger partial charge is 0.258 e. The van der Waals surface area contributed by atoms with Gasteiger partial charge in [-0.05, 0) is 19.3 Å². The van der Waals surface area contributed by atoms with Crippen molar-refractivity contribution in [1.29, 1.82) is 0 Å². The predicted octanol–water partition coefficient (Wildman–Crippen LogP) is 0.635. The maximum Gasteiger partial charge on any atom is 0.258 e. The summed E-state index contributed by atoms with van der Waals surface area (Å²) in [6.07, 6.45) is 6.73. The molecule has 1 aliphatic carbocycles. The fraction of sp³-hybridized carbons (Fsp3) is 0.545. The van der Waals surface area contributed by atoms with Gasteiger partial charge in [0.15, 0.2) is 0 Å². The highest BCUT2D eigenvalue weighted by atomic mass is 15.4. The van der Waals surface area contributed by atoms with Crippen molar-refractivity contribution in [3.63, 3.8) is 0 Å². The third-order valence-electron chi connectivity index (χ3n) is 3.02. The number of nitrogen functional groups attached to an aromatic ring is 1. The van der Waals surface area contributed by atoms with Gasteiger partial charge < -0.3 is 11.1 Å². The number of rotatable bonds is 5. The number of nitrogens with zero attached hydrogens (tertiary/aromatic N) is 6. The molecule has 0 spiro atoms. The molecule has 3 N–H and O–H groups in total. The maximum absolute atomic E-state index is 5.69. The molecule has 0 aliphatic heterocycles. The Bertz CT molecular complexity index is 548. The van der Waals surface area contributed by atoms with Crippen molar-refractivity contribution >= 4 is 11.9 Å². The maximum atomic E-state index is 5.69. The zero-order valence-corrected chi connectivity index (χ0v) is 10.7. The van der Waals surface area contributed by atoms with Crippen LogP contribution in [0, 0.1) is 5.92 Å². The Balaban J connectivity index is 1.77. The summed E-state index contributed by atoms with van der Waals surface area (Å²) in [5.41, 5.74) is 5.69. The number of hydrogen-bond acceptors (Lipinski definition) is 7. The Morgan fingerprint density at radius 3 is 2.95 bits per heavy atom. The Kier molecular flexibility index (Phi) is 2.98. The van der Waals surface area contributed by atoms with Gasteiger partial charge in [-0.2, -0.15) is 24.7 Å². The molecule has 100 valence electrons. The van der Waals surface area contributed by atoms with Gasteiger partial charge in [0, 0.05) is 6.04 Å². The highest BCUT2D eigenvalue weighted by Gasteiger charge is 2.23.